The molecule has 31 heavy (non-hydrogen) atoms. The fourth-order valence-electron chi connectivity index (χ4n) is 2.57. The van der Waals surface area contributed by atoms with E-state index in [2.05, 4.69) is 9.97 Å². The maximum Gasteiger partial charge on any atom is 0.349 e. The van der Waals surface area contributed by atoms with Crippen LogP contribution in [0.1, 0.15) is 13.8 Å². The van der Waals surface area contributed by atoms with Gasteiger partial charge in [0.25, 0.3) is 0 Å². The molecule has 0 aliphatic heterocycles. The van der Waals surface area contributed by atoms with Crippen molar-refractivity contribution in [2.24, 2.45) is 0 Å². The Morgan fingerprint density at radius 2 is 1.77 bits per heavy atom. The lowest BCUT2D eigenvalue weighted by molar-refractivity contribution is -0.183. The SMILES string of the molecule is COCCOC(C)OC(=O)C(C)Oc1ccc(Oc2cnc3cc(F)ccc3n2)cc1. The number of hydrogen-bond donors (Lipinski definition) is 0. The summed E-state index contributed by atoms with van der Waals surface area (Å²) in [5, 5.41) is 0. The zero-order valence-corrected chi connectivity index (χ0v) is 17.4. The number of carbonyl (C=O) groups is 1. The third kappa shape index (κ3) is 6.59. The highest BCUT2D eigenvalue weighted by atomic mass is 19.1. The van der Waals surface area contributed by atoms with Crippen LogP contribution in [0.15, 0.2) is 48.7 Å². The summed E-state index contributed by atoms with van der Waals surface area (Å²) in [4.78, 5) is 20.5. The second-order valence-electron chi connectivity index (χ2n) is 6.54. The van der Waals surface area contributed by atoms with E-state index in [0.29, 0.717) is 35.7 Å². The summed E-state index contributed by atoms with van der Waals surface area (Å²) < 4.78 is 39.9. The van der Waals surface area contributed by atoms with Crippen LogP contribution in [0.4, 0.5) is 4.39 Å². The summed E-state index contributed by atoms with van der Waals surface area (Å²) in [6.45, 7) is 3.94. The number of hydrogen-bond acceptors (Lipinski definition) is 8. The third-order valence-corrected chi connectivity index (χ3v) is 4.10. The molecule has 0 amide bonds. The molecule has 0 radical (unpaired) electrons. The molecule has 2 aromatic carbocycles. The van der Waals surface area contributed by atoms with E-state index in [-0.39, 0.29) is 11.7 Å². The van der Waals surface area contributed by atoms with Gasteiger partial charge in [-0.1, -0.05) is 0 Å². The van der Waals surface area contributed by atoms with Crippen molar-refractivity contribution in [3.63, 3.8) is 0 Å². The minimum absolute atomic E-state index is 0.271. The second kappa shape index (κ2) is 10.6. The molecule has 0 aliphatic rings. The van der Waals surface area contributed by atoms with E-state index in [4.69, 9.17) is 23.7 Å². The van der Waals surface area contributed by atoms with Gasteiger partial charge in [-0.05, 0) is 50.2 Å². The summed E-state index contributed by atoms with van der Waals surface area (Å²) in [5.41, 5.74) is 0.960. The van der Waals surface area contributed by atoms with Crippen LogP contribution in [0.25, 0.3) is 11.0 Å². The van der Waals surface area contributed by atoms with Crippen molar-refractivity contribution in [3.05, 3.63) is 54.5 Å². The van der Waals surface area contributed by atoms with Crippen molar-refractivity contribution < 1.29 is 32.9 Å². The Balaban J connectivity index is 1.53. The van der Waals surface area contributed by atoms with Crippen molar-refractivity contribution in [1.29, 1.82) is 0 Å². The molecule has 1 aromatic heterocycles. The molecule has 9 heteroatoms. The number of ether oxygens (including phenoxy) is 5. The maximum atomic E-state index is 13.2. The summed E-state index contributed by atoms with van der Waals surface area (Å²) in [7, 11) is 1.56. The number of halogens is 1. The molecule has 0 bridgehead atoms. The van der Waals surface area contributed by atoms with Crippen LogP contribution in [0.3, 0.4) is 0 Å². The lowest BCUT2D eigenvalue weighted by atomic mass is 10.3. The number of nitrogens with zero attached hydrogens (tertiary/aromatic N) is 2. The van der Waals surface area contributed by atoms with E-state index in [9.17, 15) is 9.18 Å². The van der Waals surface area contributed by atoms with E-state index < -0.39 is 18.4 Å². The molecule has 164 valence electrons. The summed E-state index contributed by atoms with van der Waals surface area (Å²) in [5.74, 6) is 0.306. The number of esters is 1. The largest absolute Gasteiger partial charge is 0.479 e. The first-order chi connectivity index (χ1) is 14.9. The predicted octanol–water partition coefficient (Wildman–Crippen LogP) is 3.88. The van der Waals surface area contributed by atoms with Gasteiger partial charge < -0.3 is 23.7 Å². The van der Waals surface area contributed by atoms with Crippen molar-refractivity contribution in [2.45, 2.75) is 26.2 Å². The molecule has 3 rings (SSSR count). The van der Waals surface area contributed by atoms with Gasteiger partial charge in [0.05, 0.1) is 30.4 Å². The van der Waals surface area contributed by atoms with Crippen LogP contribution in [0.2, 0.25) is 0 Å². The summed E-state index contributed by atoms with van der Waals surface area (Å²) in [6, 6.07) is 10.8. The van der Waals surface area contributed by atoms with Gasteiger partial charge >= 0.3 is 5.97 Å². The molecule has 0 fully saturated rings. The number of benzene rings is 2. The number of methoxy groups -OCH3 is 1. The lowest BCUT2D eigenvalue weighted by Gasteiger charge is -2.18. The van der Waals surface area contributed by atoms with Crippen molar-refractivity contribution in [2.75, 3.05) is 20.3 Å². The highest BCUT2D eigenvalue weighted by Gasteiger charge is 2.19. The normalized spacial score (nSPS) is 12.9. The second-order valence-corrected chi connectivity index (χ2v) is 6.54. The van der Waals surface area contributed by atoms with Crippen molar-refractivity contribution in [3.8, 4) is 17.4 Å². The fraction of sp³-hybridized carbons (Fsp3) is 0.318. The Bertz CT molecular complexity index is 1010. The van der Waals surface area contributed by atoms with E-state index in [1.165, 1.54) is 24.4 Å². The van der Waals surface area contributed by atoms with Crippen molar-refractivity contribution >= 4 is 17.0 Å². The molecule has 3 aromatic rings. The van der Waals surface area contributed by atoms with Gasteiger partial charge in [0, 0.05) is 13.2 Å². The maximum absolute atomic E-state index is 13.2. The lowest BCUT2D eigenvalue weighted by Crippen LogP contribution is -2.30. The van der Waals surface area contributed by atoms with E-state index in [1.807, 2.05) is 0 Å². The summed E-state index contributed by atoms with van der Waals surface area (Å²) >= 11 is 0. The Labute approximate surface area is 178 Å². The molecule has 1 heterocycles. The average Bonchev–Trinajstić information content (AvgIpc) is 2.75. The van der Waals surface area contributed by atoms with Crippen LogP contribution >= 0.6 is 0 Å². The molecular weight excluding hydrogens is 407 g/mol. The molecule has 0 saturated carbocycles. The van der Waals surface area contributed by atoms with E-state index in [1.54, 1.807) is 45.2 Å². The van der Waals surface area contributed by atoms with Crippen LogP contribution in [0, 0.1) is 5.82 Å². The highest BCUT2D eigenvalue weighted by molar-refractivity contribution is 5.75. The summed E-state index contributed by atoms with van der Waals surface area (Å²) in [6.07, 6.45) is -0.115. The first-order valence-corrected chi connectivity index (χ1v) is 9.62. The predicted molar refractivity (Wildman–Crippen MR) is 109 cm³/mol. The monoisotopic (exact) mass is 430 g/mol. The first-order valence-electron chi connectivity index (χ1n) is 9.62. The Hall–Kier alpha value is -3.30. The smallest absolute Gasteiger partial charge is 0.349 e. The molecule has 0 N–H and O–H groups in total. The Morgan fingerprint density at radius 3 is 2.52 bits per heavy atom. The molecule has 0 saturated heterocycles. The minimum Gasteiger partial charge on any atom is -0.479 e. The number of fused-ring (bicyclic) bond motifs is 1. The van der Waals surface area contributed by atoms with Gasteiger partial charge in [-0.15, -0.1) is 0 Å². The molecule has 2 atom stereocenters. The number of aromatic nitrogens is 2. The zero-order chi connectivity index (χ0) is 22.2. The van der Waals surface area contributed by atoms with Gasteiger partial charge in [-0.2, -0.15) is 0 Å². The minimum atomic E-state index is -0.827. The van der Waals surface area contributed by atoms with E-state index >= 15 is 0 Å². The number of carbonyl (C=O) groups excluding carboxylic acids is 1. The quantitative estimate of drug-likeness (QED) is 0.272. The van der Waals surface area contributed by atoms with Gasteiger partial charge in [0.1, 0.15) is 17.3 Å². The van der Waals surface area contributed by atoms with Gasteiger partial charge in [-0.3, -0.25) is 0 Å². The van der Waals surface area contributed by atoms with E-state index in [0.717, 1.165) is 0 Å². The van der Waals surface area contributed by atoms with Crippen LogP contribution in [-0.2, 0) is 19.0 Å². The third-order valence-electron chi connectivity index (χ3n) is 4.10. The molecule has 0 spiro atoms. The van der Waals surface area contributed by atoms with Crippen LogP contribution < -0.4 is 9.47 Å². The van der Waals surface area contributed by atoms with Crippen LogP contribution in [0.5, 0.6) is 17.4 Å². The topological polar surface area (TPSA) is 89.0 Å². The molecule has 0 aliphatic carbocycles. The van der Waals surface area contributed by atoms with Crippen molar-refractivity contribution in [1.82, 2.24) is 9.97 Å². The standard InChI is InChI=1S/C22H23FN2O6/c1-14(22(26)30-15(2)28-11-10-27-3)29-17-5-7-18(8-6-17)31-21-13-24-20-12-16(23)4-9-19(20)25-21/h4-9,12-15H,10-11H2,1-3H3. The van der Waals surface area contributed by atoms with Crippen LogP contribution in [-0.4, -0.2) is 48.7 Å². The van der Waals surface area contributed by atoms with Gasteiger partial charge in [0.2, 0.25) is 5.88 Å². The van der Waals surface area contributed by atoms with Gasteiger partial charge in [0.15, 0.2) is 12.4 Å². The first kappa shape index (κ1) is 22.4. The van der Waals surface area contributed by atoms with Gasteiger partial charge in [-0.25, -0.2) is 19.2 Å². The Morgan fingerprint density at radius 1 is 1.03 bits per heavy atom. The number of rotatable bonds is 10. The zero-order valence-electron chi connectivity index (χ0n) is 17.4. The Kier molecular flexibility index (Phi) is 7.69. The fourth-order valence-corrected chi connectivity index (χ4v) is 2.57. The molecule has 8 nitrogen and oxygen atoms in total. The molecular formula is C22H23FN2O6. The average molecular weight is 430 g/mol. The molecule has 2 unspecified atom stereocenters. The highest BCUT2D eigenvalue weighted by Crippen LogP contribution is 2.24.